The second kappa shape index (κ2) is 4.65. The maximum absolute atomic E-state index is 5.82. The molecule has 0 amide bonds. The van der Waals surface area contributed by atoms with E-state index < -0.39 is 0 Å². The average molecular weight is 250 g/mol. The molecule has 0 bridgehead atoms. The molecule has 0 saturated heterocycles. The average Bonchev–Trinajstić information content (AvgIpc) is 2.95. The van der Waals surface area contributed by atoms with Gasteiger partial charge in [-0.3, -0.25) is 0 Å². The van der Waals surface area contributed by atoms with Crippen molar-refractivity contribution >= 4 is 0 Å². The van der Waals surface area contributed by atoms with Crippen molar-refractivity contribution in [3.63, 3.8) is 0 Å². The Hall–Kier alpha value is -0.900. The molecule has 102 valence electrons. The van der Waals surface area contributed by atoms with Crippen LogP contribution in [-0.4, -0.2) is 14.8 Å². The van der Waals surface area contributed by atoms with Crippen LogP contribution in [0.5, 0.6) is 0 Å². The minimum Gasteiger partial charge on any atom is -0.324 e. The smallest absolute Gasteiger partial charge is 0.147 e. The summed E-state index contributed by atoms with van der Waals surface area (Å²) in [6.07, 6.45) is 6.24. The van der Waals surface area contributed by atoms with Crippen LogP contribution in [0.1, 0.15) is 71.4 Å². The number of rotatable bonds is 3. The summed E-state index contributed by atoms with van der Waals surface area (Å²) in [5.74, 6) is 2.08. The van der Waals surface area contributed by atoms with Gasteiger partial charge in [0.25, 0.3) is 0 Å². The molecule has 1 aliphatic rings. The van der Waals surface area contributed by atoms with Crippen molar-refractivity contribution in [2.45, 2.75) is 77.3 Å². The Morgan fingerprint density at radius 1 is 1.22 bits per heavy atom. The first kappa shape index (κ1) is 13.5. The van der Waals surface area contributed by atoms with E-state index >= 15 is 0 Å². The van der Waals surface area contributed by atoms with Crippen molar-refractivity contribution in [3.05, 3.63) is 11.6 Å². The lowest BCUT2D eigenvalue weighted by Gasteiger charge is -2.33. The lowest BCUT2D eigenvalue weighted by molar-refractivity contribution is 0.309. The summed E-state index contributed by atoms with van der Waals surface area (Å²) in [4.78, 5) is 0. The summed E-state index contributed by atoms with van der Waals surface area (Å²) in [5, 5.41) is 8.84. The summed E-state index contributed by atoms with van der Waals surface area (Å²) in [5.41, 5.74) is 6.05. The molecule has 1 aromatic rings. The molecule has 0 aliphatic heterocycles. The Morgan fingerprint density at radius 3 is 2.28 bits per heavy atom. The van der Waals surface area contributed by atoms with Crippen LogP contribution in [0.4, 0.5) is 0 Å². The predicted molar refractivity (Wildman–Crippen MR) is 73.3 cm³/mol. The SMILES string of the molecule is CCC1(c2nnc(CN)n2C(C)(C)C)CCCC1. The second-order valence-electron chi connectivity index (χ2n) is 6.49. The van der Waals surface area contributed by atoms with Gasteiger partial charge >= 0.3 is 0 Å². The minimum atomic E-state index is -0.00169. The monoisotopic (exact) mass is 250 g/mol. The van der Waals surface area contributed by atoms with Gasteiger partial charge in [-0.25, -0.2) is 0 Å². The first-order valence-electron chi connectivity index (χ1n) is 7.10. The number of nitrogens with two attached hydrogens (primary N) is 1. The van der Waals surface area contributed by atoms with Crippen molar-refractivity contribution in [2.24, 2.45) is 5.73 Å². The van der Waals surface area contributed by atoms with Gasteiger partial charge in [0.2, 0.25) is 0 Å². The van der Waals surface area contributed by atoms with E-state index in [1.165, 1.54) is 25.7 Å². The lowest BCUT2D eigenvalue weighted by Crippen LogP contribution is -2.34. The van der Waals surface area contributed by atoms with E-state index in [0.717, 1.165) is 18.1 Å². The van der Waals surface area contributed by atoms with Gasteiger partial charge in [-0.15, -0.1) is 10.2 Å². The fourth-order valence-electron chi connectivity index (χ4n) is 3.28. The zero-order valence-corrected chi connectivity index (χ0v) is 12.2. The van der Waals surface area contributed by atoms with Crippen molar-refractivity contribution in [3.8, 4) is 0 Å². The summed E-state index contributed by atoms with van der Waals surface area (Å²) in [7, 11) is 0. The fraction of sp³-hybridized carbons (Fsp3) is 0.857. The molecule has 2 N–H and O–H groups in total. The van der Waals surface area contributed by atoms with Gasteiger partial charge in [-0.05, 0) is 40.0 Å². The normalized spacial score (nSPS) is 19.4. The van der Waals surface area contributed by atoms with Crippen LogP contribution in [0.2, 0.25) is 0 Å². The quantitative estimate of drug-likeness (QED) is 0.897. The molecule has 18 heavy (non-hydrogen) atoms. The van der Waals surface area contributed by atoms with E-state index in [1.54, 1.807) is 0 Å². The molecule has 0 aromatic carbocycles. The third-order valence-electron chi connectivity index (χ3n) is 4.30. The van der Waals surface area contributed by atoms with E-state index in [-0.39, 0.29) is 11.0 Å². The van der Waals surface area contributed by atoms with E-state index in [1.807, 2.05) is 0 Å². The Morgan fingerprint density at radius 2 is 1.83 bits per heavy atom. The maximum atomic E-state index is 5.82. The standard InChI is InChI=1S/C14H26N4/c1-5-14(8-6-7-9-14)12-17-16-11(10-15)18(12)13(2,3)4/h5-10,15H2,1-4H3. The number of hydrogen-bond donors (Lipinski definition) is 1. The Bertz CT molecular complexity index is 408. The van der Waals surface area contributed by atoms with Crippen LogP contribution < -0.4 is 5.73 Å². The molecular weight excluding hydrogens is 224 g/mol. The van der Waals surface area contributed by atoms with Crippen LogP contribution in [0.3, 0.4) is 0 Å². The molecule has 0 radical (unpaired) electrons. The Labute approximate surface area is 110 Å². The number of nitrogens with zero attached hydrogens (tertiary/aromatic N) is 3. The van der Waals surface area contributed by atoms with Gasteiger partial charge in [0, 0.05) is 11.0 Å². The zero-order chi connectivity index (χ0) is 13.4. The van der Waals surface area contributed by atoms with Crippen LogP contribution in [0, 0.1) is 0 Å². The third-order valence-corrected chi connectivity index (χ3v) is 4.30. The van der Waals surface area contributed by atoms with Gasteiger partial charge in [0.1, 0.15) is 11.6 Å². The van der Waals surface area contributed by atoms with Crippen molar-refractivity contribution in [1.29, 1.82) is 0 Å². The van der Waals surface area contributed by atoms with Gasteiger partial charge in [-0.2, -0.15) is 0 Å². The first-order valence-corrected chi connectivity index (χ1v) is 7.10. The molecule has 4 heteroatoms. The lowest BCUT2D eigenvalue weighted by atomic mass is 9.82. The molecule has 1 saturated carbocycles. The van der Waals surface area contributed by atoms with Crippen molar-refractivity contribution in [1.82, 2.24) is 14.8 Å². The highest BCUT2D eigenvalue weighted by Crippen LogP contribution is 2.44. The topological polar surface area (TPSA) is 56.7 Å². The largest absolute Gasteiger partial charge is 0.324 e. The van der Waals surface area contributed by atoms with E-state index in [0.29, 0.717) is 6.54 Å². The van der Waals surface area contributed by atoms with Crippen molar-refractivity contribution in [2.75, 3.05) is 0 Å². The molecule has 0 atom stereocenters. The highest BCUT2D eigenvalue weighted by molar-refractivity contribution is 5.15. The van der Waals surface area contributed by atoms with Crippen LogP contribution in [-0.2, 0) is 17.5 Å². The van der Waals surface area contributed by atoms with Crippen LogP contribution >= 0.6 is 0 Å². The second-order valence-corrected chi connectivity index (χ2v) is 6.49. The van der Waals surface area contributed by atoms with E-state index in [4.69, 9.17) is 5.73 Å². The zero-order valence-electron chi connectivity index (χ0n) is 12.2. The Kier molecular flexibility index (Phi) is 3.49. The molecule has 1 aromatic heterocycles. The highest BCUT2D eigenvalue weighted by Gasteiger charge is 2.40. The molecule has 1 fully saturated rings. The highest BCUT2D eigenvalue weighted by atomic mass is 15.3. The maximum Gasteiger partial charge on any atom is 0.147 e. The van der Waals surface area contributed by atoms with E-state index in [9.17, 15) is 0 Å². The van der Waals surface area contributed by atoms with Crippen LogP contribution in [0.25, 0.3) is 0 Å². The molecule has 1 heterocycles. The predicted octanol–water partition coefficient (Wildman–Crippen LogP) is 2.71. The summed E-state index contributed by atoms with van der Waals surface area (Å²) in [6.45, 7) is 9.35. The summed E-state index contributed by atoms with van der Waals surface area (Å²) >= 11 is 0. The van der Waals surface area contributed by atoms with Gasteiger partial charge < -0.3 is 10.3 Å². The molecule has 2 rings (SSSR count). The summed E-state index contributed by atoms with van der Waals surface area (Å²) < 4.78 is 2.28. The molecule has 4 nitrogen and oxygen atoms in total. The third kappa shape index (κ3) is 2.07. The molecule has 0 spiro atoms. The molecule has 0 unspecified atom stereocenters. The van der Waals surface area contributed by atoms with Gasteiger partial charge in [0.15, 0.2) is 0 Å². The fourth-order valence-corrected chi connectivity index (χ4v) is 3.28. The van der Waals surface area contributed by atoms with Gasteiger partial charge in [-0.1, -0.05) is 19.8 Å². The van der Waals surface area contributed by atoms with Gasteiger partial charge in [0.05, 0.1) is 6.54 Å². The Balaban J connectivity index is 2.54. The minimum absolute atomic E-state index is 0.00169. The molecular formula is C14H26N4. The number of aromatic nitrogens is 3. The van der Waals surface area contributed by atoms with Crippen LogP contribution in [0.15, 0.2) is 0 Å². The first-order chi connectivity index (χ1) is 8.44. The molecule has 1 aliphatic carbocycles. The summed E-state index contributed by atoms with van der Waals surface area (Å²) in [6, 6.07) is 0. The van der Waals surface area contributed by atoms with Crippen molar-refractivity contribution < 1.29 is 0 Å². The number of hydrogen-bond acceptors (Lipinski definition) is 3. The van der Waals surface area contributed by atoms with E-state index in [2.05, 4.69) is 42.5 Å².